The second kappa shape index (κ2) is 6.20. The Hall–Kier alpha value is -3.08. The van der Waals surface area contributed by atoms with Crippen molar-refractivity contribution in [3.8, 4) is 5.75 Å². The fourth-order valence-corrected chi connectivity index (χ4v) is 2.87. The predicted molar refractivity (Wildman–Crippen MR) is 90.7 cm³/mol. The first-order valence-corrected chi connectivity index (χ1v) is 7.45. The van der Waals surface area contributed by atoms with Gasteiger partial charge in [0.1, 0.15) is 5.75 Å². The monoisotopic (exact) mass is 323 g/mol. The molecule has 0 aliphatic heterocycles. The minimum Gasteiger partial charge on any atom is -0.497 e. The van der Waals surface area contributed by atoms with Crippen molar-refractivity contribution in [1.29, 1.82) is 0 Å². The molecule has 122 valence electrons. The minimum atomic E-state index is -0.458. The zero-order valence-corrected chi connectivity index (χ0v) is 13.7. The van der Waals surface area contributed by atoms with Gasteiger partial charge in [-0.05, 0) is 31.2 Å². The predicted octanol–water partition coefficient (Wildman–Crippen LogP) is 3.43. The number of carbonyl (C=O) groups excluding carboxylic acids is 2. The number of methoxy groups -OCH3 is 2. The van der Waals surface area contributed by atoms with Crippen molar-refractivity contribution in [2.75, 3.05) is 14.2 Å². The Balaban J connectivity index is 2.24. The molecule has 0 unspecified atom stereocenters. The molecule has 5 nitrogen and oxygen atoms in total. The van der Waals surface area contributed by atoms with Gasteiger partial charge in [0.05, 0.1) is 25.3 Å². The lowest BCUT2D eigenvalue weighted by Crippen LogP contribution is -2.14. The summed E-state index contributed by atoms with van der Waals surface area (Å²) >= 11 is 0. The van der Waals surface area contributed by atoms with Gasteiger partial charge in [0.15, 0.2) is 0 Å². The molecule has 0 aliphatic carbocycles. The number of fused-ring (bicyclic) bond motifs is 1. The molecule has 0 radical (unpaired) electrons. The Kier molecular flexibility index (Phi) is 4.08. The molecule has 2 aromatic carbocycles. The highest BCUT2D eigenvalue weighted by Gasteiger charge is 2.24. The highest BCUT2D eigenvalue weighted by atomic mass is 16.5. The van der Waals surface area contributed by atoms with Crippen LogP contribution < -0.4 is 4.74 Å². The van der Waals surface area contributed by atoms with Crippen molar-refractivity contribution >= 4 is 22.8 Å². The van der Waals surface area contributed by atoms with Crippen molar-refractivity contribution in [3.63, 3.8) is 0 Å². The van der Waals surface area contributed by atoms with Crippen molar-refractivity contribution < 1.29 is 19.1 Å². The number of hydrogen-bond donors (Lipinski definition) is 0. The number of aromatic nitrogens is 1. The zero-order chi connectivity index (χ0) is 17.3. The van der Waals surface area contributed by atoms with E-state index >= 15 is 0 Å². The Bertz CT molecular complexity index is 940. The smallest absolute Gasteiger partial charge is 0.340 e. The van der Waals surface area contributed by atoms with E-state index in [9.17, 15) is 9.59 Å². The molecule has 0 N–H and O–H groups in total. The lowest BCUT2D eigenvalue weighted by Gasteiger charge is -2.08. The van der Waals surface area contributed by atoms with E-state index in [-0.39, 0.29) is 5.91 Å². The van der Waals surface area contributed by atoms with Crippen LogP contribution in [0.4, 0.5) is 0 Å². The van der Waals surface area contributed by atoms with E-state index in [2.05, 4.69) is 0 Å². The highest BCUT2D eigenvalue weighted by molar-refractivity contribution is 6.11. The molecule has 3 rings (SSSR count). The van der Waals surface area contributed by atoms with Crippen molar-refractivity contribution in [2.24, 2.45) is 0 Å². The van der Waals surface area contributed by atoms with Crippen LogP contribution in [-0.4, -0.2) is 30.7 Å². The largest absolute Gasteiger partial charge is 0.497 e. The van der Waals surface area contributed by atoms with E-state index in [0.717, 1.165) is 0 Å². The molecule has 0 fully saturated rings. The van der Waals surface area contributed by atoms with Crippen LogP contribution in [0, 0.1) is 6.92 Å². The second-order valence-corrected chi connectivity index (χ2v) is 5.34. The van der Waals surface area contributed by atoms with Crippen LogP contribution >= 0.6 is 0 Å². The highest BCUT2D eigenvalue weighted by Crippen LogP contribution is 2.28. The summed E-state index contributed by atoms with van der Waals surface area (Å²) in [6.07, 6.45) is 0. The normalized spacial score (nSPS) is 10.6. The first-order chi connectivity index (χ1) is 11.6. The molecule has 0 amide bonds. The molecule has 0 saturated heterocycles. The van der Waals surface area contributed by atoms with Crippen molar-refractivity contribution in [2.45, 2.75) is 6.92 Å². The van der Waals surface area contributed by atoms with Crippen LogP contribution in [0.5, 0.6) is 5.75 Å². The summed E-state index contributed by atoms with van der Waals surface area (Å²) in [5.74, 6) is -0.0817. The third-order valence-electron chi connectivity index (χ3n) is 4.02. The fraction of sp³-hybridized carbons (Fsp3) is 0.158. The number of rotatable bonds is 3. The number of benzene rings is 2. The van der Waals surface area contributed by atoms with Gasteiger partial charge >= 0.3 is 5.97 Å². The third-order valence-corrected chi connectivity index (χ3v) is 4.02. The van der Waals surface area contributed by atoms with E-state index in [0.29, 0.717) is 33.5 Å². The van der Waals surface area contributed by atoms with E-state index < -0.39 is 5.97 Å². The summed E-state index contributed by atoms with van der Waals surface area (Å²) in [7, 11) is 2.88. The fourth-order valence-electron chi connectivity index (χ4n) is 2.87. The van der Waals surface area contributed by atoms with E-state index in [4.69, 9.17) is 9.47 Å². The SMILES string of the molecule is COC(=O)c1c(C)n(C(=O)c2cccc(OC)c2)c2ccccc12. The second-order valence-electron chi connectivity index (χ2n) is 5.34. The average molecular weight is 323 g/mol. The van der Waals surface area contributed by atoms with Gasteiger partial charge in [-0.25, -0.2) is 4.79 Å². The lowest BCUT2D eigenvalue weighted by molar-refractivity contribution is 0.0602. The maximum atomic E-state index is 13.0. The number of esters is 1. The molecular formula is C19H17NO4. The van der Waals surface area contributed by atoms with Gasteiger partial charge in [0.2, 0.25) is 0 Å². The average Bonchev–Trinajstić information content (AvgIpc) is 2.92. The first kappa shape index (κ1) is 15.8. The summed E-state index contributed by atoms with van der Waals surface area (Å²) < 4.78 is 11.6. The van der Waals surface area contributed by atoms with Gasteiger partial charge in [-0.3, -0.25) is 9.36 Å². The quantitative estimate of drug-likeness (QED) is 0.693. The molecule has 0 bridgehead atoms. The van der Waals surface area contributed by atoms with Crippen LogP contribution in [0.15, 0.2) is 48.5 Å². The van der Waals surface area contributed by atoms with E-state index in [1.807, 2.05) is 24.3 Å². The van der Waals surface area contributed by atoms with Gasteiger partial charge in [-0.1, -0.05) is 24.3 Å². The number of nitrogens with zero attached hydrogens (tertiary/aromatic N) is 1. The summed E-state index contributed by atoms with van der Waals surface area (Å²) in [6.45, 7) is 1.74. The Morgan fingerprint density at radius 1 is 1.00 bits per heavy atom. The Labute approximate surface area is 139 Å². The van der Waals surface area contributed by atoms with Crippen LogP contribution in [0.3, 0.4) is 0 Å². The van der Waals surface area contributed by atoms with E-state index in [1.54, 1.807) is 38.3 Å². The maximum absolute atomic E-state index is 13.0. The van der Waals surface area contributed by atoms with Crippen molar-refractivity contribution in [1.82, 2.24) is 4.57 Å². The summed E-state index contributed by atoms with van der Waals surface area (Å²) in [6, 6.07) is 14.2. The molecule has 3 aromatic rings. The zero-order valence-electron chi connectivity index (χ0n) is 13.7. The number of ether oxygens (including phenoxy) is 2. The van der Waals surface area contributed by atoms with E-state index in [1.165, 1.54) is 11.7 Å². The summed E-state index contributed by atoms with van der Waals surface area (Å²) in [5.41, 5.74) is 2.11. The van der Waals surface area contributed by atoms with Crippen LogP contribution in [0.2, 0.25) is 0 Å². The number of carbonyl (C=O) groups is 2. The Morgan fingerprint density at radius 3 is 2.46 bits per heavy atom. The summed E-state index contributed by atoms with van der Waals surface area (Å²) in [5, 5.41) is 0.693. The topological polar surface area (TPSA) is 57.5 Å². The standard InChI is InChI=1S/C19H17NO4/c1-12-17(19(22)24-3)15-9-4-5-10-16(15)20(12)18(21)13-7-6-8-14(11-13)23-2/h4-11H,1-3H3. The van der Waals surface area contributed by atoms with Crippen LogP contribution in [-0.2, 0) is 4.74 Å². The molecule has 0 saturated carbocycles. The first-order valence-electron chi connectivity index (χ1n) is 7.45. The van der Waals surface area contributed by atoms with Crippen LogP contribution in [0.25, 0.3) is 10.9 Å². The third kappa shape index (κ3) is 2.44. The molecule has 24 heavy (non-hydrogen) atoms. The van der Waals surface area contributed by atoms with Gasteiger partial charge in [-0.15, -0.1) is 0 Å². The molecule has 0 aliphatic rings. The van der Waals surface area contributed by atoms with Gasteiger partial charge < -0.3 is 9.47 Å². The van der Waals surface area contributed by atoms with Gasteiger partial charge in [-0.2, -0.15) is 0 Å². The lowest BCUT2D eigenvalue weighted by atomic mass is 10.1. The molecule has 5 heteroatoms. The molecule has 0 spiro atoms. The molecule has 1 aromatic heterocycles. The number of para-hydroxylation sites is 1. The number of hydrogen-bond acceptors (Lipinski definition) is 4. The minimum absolute atomic E-state index is 0.224. The maximum Gasteiger partial charge on any atom is 0.340 e. The van der Waals surface area contributed by atoms with Gasteiger partial charge in [0, 0.05) is 16.6 Å². The molecule has 0 atom stereocenters. The molecular weight excluding hydrogens is 306 g/mol. The van der Waals surface area contributed by atoms with Gasteiger partial charge in [0.25, 0.3) is 5.91 Å². The summed E-state index contributed by atoms with van der Waals surface area (Å²) in [4.78, 5) is 25.2. The Morgan fingerprint density at radius 2 is 1.75 bits per heavy atom. The molecule has 1 heterocycles. The van der Waals surface area contributed by atoms with Crippen LogP contribution in [0.1, 0.15) is 26.4 Å². The van der Waals surface area contributed by atoms with Crippen molar-refractivity contribution in [3.05, 3.63) is 65.4 Å².